The van der Waals surface area contributed by atoms with Gasteiger partial charge in [-0.15, -0.1) is 0 Å². The summed E-state index contributed by atoms with van der Waals surface area (Å²) in [4.78, 5) is 26.9. The molecule has 0 aliphatic rings. The van der Waals surface area contributed by atoms with Crippen LogP contribution in [0.5, 0.6) is 5.75 Å². The molecule has 0 saturated heterocycles. The molecule has 1 aromatic carbocycles. The lowest BCUT2D eigenvalue weighted by Crippen LogP contribution is -2.26. The van der Waals surface area contributed by atoms with E-state index in [4.69, 9.17) is 16.3 Å². The van der Waals surface area contributed by atoms with E-state index in [1.807, 2.05) is 0 Å². The third-order valence-electron chi connectivity index (χ3n) is 2.34. The molecule has 1 aromatic heterocycles. The number of aromatic nitrogens is 1. The minimum atomic E-state index is -0.568. The summed E-state index contributed by atoms with van der Waals surface area (Å²) >= 11 is 6.05. The molecule has 0 atom stereocenters. The smallest absolute Gasteiger partial charge is 0.409 e. The first-order valence-corrected chi connectivity index (χ1v) is 5.57. The van der Waals surface area contributed by atoms with Gasteiger partial charge in [0, 0.05) is 20.2 Å². The normalized spacial score (nSPS) is 10.4. The first kappa shape index (κ1) is 12.4. The molecular weight excluding hydrogens is 256 g/mol. The lowest BCUT2D eigenvalue weighted by Gasteiger charge is -2.12. The average Bonchev–Trinajstić information content (AvgIpc) is 2.28. The van der Waals surface area contributed by atoms with Crippen LogP contribution in [0.4, 0.5) is 4.79 Å². The fraction of sp³-hybridized carbons (Fsp3) is 0.167. The molecule has 0 fully saturated rings. The van der Waals surface area contributed by atoms with Crippen molar-refractivity contribution in [3.8, 4) is 5.75 Å². The molecule has 94 valence electrons. The number of hydrogen-bond acceptors (Lipinski definition) is 3. The van der Waals surface area contributed by atoms with Gasteiger partial charge in [0.15, 0.2) is 0 Å². The summed E-state index contributed by atoms with van der Waals surface area (Å²) in [6.07, 6.45) is -0.568. The second-order valence-electron chi connectivity index (χ2n) is 3.92. The molecule has 6 heteroatoms. The Balaban J connectivity index is 2.62. The van der Waals surface area contributed by atoms with E-state index >= 15 is 0 Å². The standard InChI is InChI=1S/C12H11ClN2O3/c1-15(2)12(17)18-9-6-10(16)14-8-5-3-4-7(13)11(8)9/h3-6H,1-2H3,(H,14,16). The molecule has 0 saturated carbocycles. The van der Waals surface area contributed by atoms with E-state index in [0.29, 0.717) is 15.9 Å². The quantitative estimate of drug-likeness (QED) is 0.861. The second-order valence-corrected chi connectivity index (χ2v) is 4.33. The van der Waals surface area contributed by atoms with Gasteiger partial charge in [-0.25, -0.2) is 4.79 Å². The highest BCUT2D eigenvalue weighted by atomic mass is 35.5. The van der Waals surface area contributed by atoms with Crippen molar-refractivity contribution in [2.75, 3.05) is 14.1 Å². The number of H-pyrrole nitrogens is 1. The number of ether oxygens (including phenoxy) is 1. The fourth-order valence-corrected chi connectivity index (χ4v) is 1.77. The Morgan fingerprint density at radius 1 is 1.39 bits per heavy atom. The number of benzene rings is 1. The van der Waals surface area contributed by atoms with Crippen LogP contribution in [0, 0.1) is 0 Å². The summed E-state index contributed by atoms with van der Waals surface area (Å²) in [5.41, 5.74) is 0.169. The summed E-state index contributed by atoms with van der Waals surface area (Å²) in [7, 11) is 3.11. The van der Waals surface area contributed by atoms with Crippen LogP contribution in [0.3, 0.4) is 0 Å². The summed E-state index contributed by atoms with van der Waals surface area (Å²) in [6.45, 7) is 0. The van der Waals surface area contributed by atoms with Crippen molar-refractivity contribution in [3.63, 3.8) is 0 Å². The van der Waals surface area contributed by atoms with Gasteiger partial charge in [0.25, 0.3) is 5.56 Å². The number of amides is 1. The van der Waals surface area contributed by atoms with E-state index in [2.05, 4.69) is 4.98 Å². The van der Waals surface area contributed by atoms with Gasteiger partial charge in [-0.2, -0.15) is 0 Å². The van der Waals surface area contributed by atoms with E-state index < -0.39 is 6.09 Å². The molecule has 1 N–H and O–H groups in total. The minimum Gasteiger partial charge on any atom is -0.409 e. The van der Waals surface area contributed by atoms with Gasteiger partial charge in [0.05, 0.1) is 15.9 Å². The molecule has 0 aliphatic heterocycles. The van der Waals surface area contributed by atoms with Gasteiger partial charge in [0.2, 0.25) is 0 Å². The molecule has 18 heavy (non-hydrogen) atoms. The summed E-state index contributed by atoms with van der Waals surface area (Å²) in [5, 5.41) is 0.916. The molecular formula is C12H11ClN2O3. The topological polar surface area (TPSA) is 62.4 Å². The van der Waals surface area contributed by atoms with Gasteiger partial charge in [0.1, 0.15) is 5.75 Å². The van der Waals surface area contributed by atoms with E-state index in [1.165, 1.54) is 11.0 Å². The van der Waals surface area contributed by atoms with Gasteiger partial charge in [-0.1, -0.05) is 17.7 Å². The largest absolute Gasteiger partial charge is 0.414 e. The third kappa shape index (κ3) is 2.31. The van der Waals surface area contributed by atoms with E-state index in [0.717, 1.165) is 0 Å². The van der Waals surface area contributed by atoms with Crippen molar-refractivity contribution in [1.29, 1.82) is 0 Å². The Morgan fingerprint density at radius 3 is 2.78 bits per heavy atom. The third-order valence-corrected chi connectivity index (χ3v) is 2.66. The second kappa shape index (κ2) is 4.70. The Bertz CT molecular complexity index is 664. The van der Waals surface area contributed by atoms with Crippen molar-refractivity contribution >= 4 is 28.6 Å². The van der Waals surface area contributed by atoms with E-state index in [9.17, 15) is 9.59 Å². The number of pyridine rings is 1. The first-order chi connectivity index (χ1) is 8.49. The maximum Gasteiger partial charge on any atom is 0.414 e. The van der Waals surface area contributed by atoms with Crippen molar-refractivity contribution in [3.05, 3.63) is 39.6 Å². The van der Waals surface area contributed by atoms with Gasteiger partial charge in [-0.05, 0) is 12.1 Å². The monoisotopic (exact) mass is 266 g/mol. The van der Waals surface area contributed by atoms with Gasteiger partial charge >= 0.3 is 6.09 Å². The number of hydrogen-bond donors (Lipinski definition) is 1. The fourth-order valence-electron chi connectivity index (χ4n) is 1.50. The molecule has 0 radical (unpaired) electrons. The van der Waals surface area contributed by atoms with E-state index in [1.54, 1.807) is 32.3 Å². The van der Waals surface area contributed by atoms with Crippen LogP contribution in [0.15, 0.2) is 29.1 Å². The Labute approximate surface area is 108 Å². The zero-order valence-electron chi connectivity index (χ0n) is 9.86. The lowest BCUT2D eigenvalue weighted by atomic mass is 10.2. The van der Waals surface area contributed by atoms with Crippen LogP contribution in [0.25, 0.3) is 10.9 Å². The van der Waals surface area contributed by atoms with Crippen LogP contribution >= 0.6 is 11.6 Å². The molecule has 5 nitrogen and oxygen atoms in total. The maximum absolute atomic E-state index is 11.5. The average molecular weight is 267 g/mol. The molecule has 0 aliphatic carbocycles. The first-order valence-electron chi connectivity index (χ1n) is 5.19. The summed E-state index contributed by atoms with van der Waals surface area (Å²) in [5.74, 6) is 0.151. The molecule has 2 aromatic rings. The Kier molecular flexibility index (Phi) is 3.25. The summed E-state index contributed by atoms with van der Waals surface area (Å²) < 4.78 is 5.13. The van der Waals surface area contributed by atoms with Crippen molar-refractivity contribution in [2.24, 2.45) is 0 Å². The highest BCUT2D eigenvalue weighted by Crippen LogP contribution is 2.29. The maximum atomic E-state index is 11.5. The number of fused-ring (bicyclic) bond motifs is 1. The molecule has 0 bridgehead atoms. The summed E-state index contributed by atoms with van der Waals surface area (Å²) in [6, 6.07) is 6.26. The molecule has 1 heterocycles. The number of halogens is 1. The molecule has 1 amide bonds. The zero-order chi connectivity index (χ0) is 13.3. The van der Waals surface area contributed by atoms with E-state index in [-0.39, 0.29) is 11.3 Å². The Morgan fingerprint density at radius 2 is 2.11 bits per heavy atom. The van der Waals surface area contributed by atoms with Crippen molar-refractivity contribution < 1.29 is 9.53 Å². The number of carbonyl (C=O) groups excluding carboxylic acids is 1. The lowest BCUT2D eigenvalue weighted by molar-refractivity contribution is 0.172. The van der Waals surface area contributed by atoms with Crippen LogP contribution in [-0.2, 0) is 0 Å². The highest BCUT2D eigenvalue weighted by Gasteiger charge is 2.13. The van der Waals surface area contributed by atoms with Gasteiger partial charge < -0.3 is 14.6 Å². The zero-order valence-corrected chi connectivity index (χ0v) is 10.6. The van der Waals surface area contributed by atoms with Crippen molar-refractivity contribution in [2.45, 2.75) is 0 Å². The van der Waals surface area contributed by atoms with Crippen LogP contribution in [0.1, 0.15) is 0 Å². The number of nitrogens with one attached hydrogen (secondary N) is 1. The SMILES string of the molecule is CN(C)C(=O)Oc1cc(=O)[nH]c2cccc(Cl)c12. The molecule has 0 unspecified atom stereocenters. The van der Waals surface area contributed by atoms with Crippen LogP contribution in [0.2, 0.25) is 5.02 Å². The number of rotatable bonds is 1. The minimum absolute atomic E-state index is 0.151. The predicted octanol–water partition coefficient (Wildman–Crippen LogP) is 2.24. The van der Waals surface area contributed by atoms with Crippen LogP contribution in [-0.4, -0.2) is 30.1 Å². The highest BCUT2D eigenvalue weighted by molar-refractivity contribution is 6.36. The molecule has 0 spiro atoms. The predicted molar refractivity (Wildman–Crippen MR) is 69.3 cm³/mol. The number of carbonyl (C=O) groups is 1. The van der Waals surface area contributed by atoms with Crippen molar-refractivity contribution in [1.82, 2.24) is 9.88 Å². The van der Waals surface area contributed by atoms with Gasteiger partial charge in [-0.3, -0.25) is 4.79 Å². The molecule has 2 rings (SSSR count). The number of nitrogens with zero attached hydrogens (tertiary/aromatic N) is 1. The number of aromatic amines is 1. The Hall–Kier alpha value is -2.01. The van der Waals surface area contributed by atoms with Crippen LogP contribution < -0.4 is 10.3 Å².